The van der Waals surface area contributed by atoms with Gasteiger partial charge >= 0.3 is 11.9 Å². The molecule has 0 aliphatic carbocycles. The monoisotopic (exact) mass is 345 g/mol. The van der Waals surface area contributed by atoms with Crippen molar-refractivity contribution in [1.29, 1.82) is 0 Å². The molecular formula is C20H27NO4. The van der Waals surface area contributed by atoms with Gasteiger partial charge in [0.1, 0.15) is 0 Å². The van der Waals surface area contributed by atoms with Crippen molar-refractivity contribution in [2.45, 2.75) is 34.6 Å². The Balaban J connectivity index is 3.50. The van der Waals surface area contributed by atoms with Gasteiger partial charge < -0.3 is 15.2 Å². The Labute approximate surface area is 149 Å². The maximum absolute atomic E-state index is 12.2. The number of esters is 2. The van der Waals surface area contributed by atoms with Gasteiger partial charge in [-0.3, -0.25) is 0 Å². The zero-order valence-electron chi connectivity index (χ0n) is 15.6. The van der Waals surface area contributed by atoms with Crippen LogP contribution in [0, 0.1) is 5.41 Å². The lowest BCUT2D eigenvalue weighted by Crippen LogP contribution is -2.23. The van der Waals surface area contributed by atoms with Crippen LogP contribution in [0.25, 0.3) is 5.57 Å². The van der Waals surface area contributed by atoms with Crippen LogP contribution in [-0.2, 0) is 19.1 Å². The molecule has 0 amide bonds. The van der Waals surface area contributed by atoms with Gasteiger partial charge in [0.05, 0.1) is 18.9 Å². The molecule has 0 aliphatic rings. The summed E-state index contributed by atoms with van der Waals surface area (Å²) in [6.45, 7) is 9.72. The van der Waals surface area contributed by atoms with E-state index in [2.05, 4.69) is 0 Å². The standard InChI is InChI=1S/C20H27NO4/c1-6-24-18(22)17(19(23)25-7-2)16(21)13-15(20(3,4)5)14-11-9-8-10-12-14/h8-13H,6-7,21H2,1-5H3/b15-13+. The van der Waals surface area contributed by atoms with Gasteiger partial charge in [-0.25, -0.2) is 9.59 Å². The van der Waals surface area contributed by atoms with Crippen LogP contribution in [-0.4, -0.2) is 25.2 Å². The highest BCUT2D eigenvalue weighted by Crippen LogP contribution is 2.34. The Bertz CT molecular complexity index is 647. The number of nitrogens with two attached hydrogens (primary N) is 1. The largest absolute Gasteiger partial charge is 0.462 e. The molecule has 1 aromatic carbocycles. The molecule has 2 N–H and O–H groups in total. The number of rotatable bonds is 6. The Morgan fingerprint density at radius 1 is 1.00 bits per heavy atom. The fourth-order valence-electron chi connectivity index (χ4n) is 2.30. The third-order valence-corrected chi connectivity index (χ3v) is 3.44. The highest BCUT2D eigenvalue weighted by atomic mass is 16.6. The molecule has 25 heavy (non-hydrogen) atoms. The van der Waals surface area contributed by atoms with Crippen LogP contribution in [0.3, 0.4) is 0 Å². The molecule has 0 atom stereocenters. The van der Waals surface area contributed by atoms with E-state index in [0.29, 0.717) is 0 Å². The lowest BCUT2D eigenvalue weighted by molar-refractivity contribution is -0.146. The Kier molecular flexibility index (Phi) is 7.43. The summed E-state index contributed by atoms with van der Waals surface area (Å²) in [6.07, 6.45) is 1.65. The number of carbonyl (C=O) groups excluding carboxylic acids is 2. The Morgan fingerprint density at radius 2 is 1.48 bits per heavy atom. The highest BCUT2D eigenvalue weighted by Gasteiger charge is 2.26. The summed E-state index contributed by atoms with van der Waals surface area (Å²) in [5, 5.41) is 0. The molecule has 0 aromatic heterocycles. The first-order valence-electron chi connectivity index (χ1n) is 8.33. The third kappa shape index (κ3) is 5.78. The molecule has 0 heterocycles. The maximum Gasteiger partial charge on any atom is 0.347 e. The van der Waals surface area contributed by atoms with Crippen molar-refractivity contribution in [3.05, 3.63) is 53.2 Å². The minimum Gasteiger partial charge on any atom is -0.462 e. The van der Waals surface area contributed by atoms with Crippen molar-refractivity contribution in [2.75, 3.05) is 13.2 Å². The molecule has 1 aromatic rings. The van der Waals surface area contributed by atoms with Gasteiger partial charge in [-0.05, 0) is 36.5 Å². The minimum absolute atomic E-state index is 0.0330. The topological polar surface area (TPSA) is 78.6 Å². The van der Waals surface area contributed by atoms with E-state index in [1.165, 1.54) is 0 Å². The predicted octanol–water partition coefficient (Wildman–Crippen LogP) is 3.46. The van der Waals surface area contributed by atoms with Gasteiger partial charge in [-0.1, -0.05) is 51.1 Å². The minimum atomic E-state index is -0.781. The summed E-state index contributed by atoms with van der Waals surface area (Å²) >= 11 is 0. The van der Waals surface area contributed by atoms with Crippen molar-refractivity contribution < 1.29 is 19.1 Å². The molecule has 0 fully saturated rings. The maximum atomic E-state index is 12.2. The van der Waals surface area contributed by atoms with E-state index in [1.54, 1.807) is 19.9 Å². The molecule has 0 radical (unpaired) electrons. The van der Waals surface area contributed by atoms with Gasteiger partial charge in [-0.2, -0.15) is 0 Å². The van der Waals surface area contributed by atoms with Gasteiger partial charge in [-0.15, -0.1) is 0 Å². The molecule has 1 rings (SSSR count). The molecular weight excluding hydrogens is 318 g/mol. The molecule has 136 valence electrons. The summed E-state index contributed by atoms with van der Waals surface area (Å²) in [7, 11) is 0. The van der Waals surface area contributed by atoms with Gasteiger partial charge in [0.2, 0.25) is 0 Å². The van der Waals surface area contributed by atoms with Gasteiger partial charge in [0.25, 0.3) is 0 Å². The van der Waals surface area contributed by atoms with Crippen LogP contribution in [0.15, 0.2) is 47.7 Å². The van der Waals surface area contributed by atoms with Gasteiger partial charge in [0, 0.05) is 0 Å². The molecule has 5 heteroatoms. The third-order valence-electron chi connectivity index (χ3n) is 3.44. The van der Waals surface area contributed by atoms with Crippen LogP contribution in [0.1, 0.15) is 40.2 Å². The number of carbonyl (C=O) groups is 2. The average molecular weight is 345 g/mol. The lowest BCUT2D eigenvalue weighted by Gasteiger charge is -2.24. The molecule has 0 unspecified atom stereocenters. The quantitative estimate of drug-likeness (QED) is 0.281. The molecule has 0 spiro atoms. The first-order chi connectivity index (χ1) is 11.7. The Hall–Kier alpha value is -2.56. The average Bonchev–Trinajstić information content (AvgIpc) is 2.53. The number of benzene rings is 1. The molecule has 0 aliphatic heterocycles. The highest BCUT2D eigenvalue weighted by molar-refractivity contribution is 6.15. The van der Waals surface area contributed by atoms with Crippen LogP contribution in [0.4, 0.5) is 0 Å². The molecule has 0 saturated heterocycles. The Morgan fingerprint density at radius 3 is 1.88 bits per heavy atom. The fourth-order valence-corrected chi connectivity index (χ4v) is 2.30. The van der Waals surface area contributed by atoms with Gasteiger partial charge in [0.15, 0.2) is 5.57 Å². The second-order valence-corrected chi connectivity index (χ2v) is 6.45. The van der Waals surface area contributed by atoms with Crippen molar-refractivity contribution in [2.24, 2.45) is 11.1 Å². The number of allylic oxidation sites excluding steroid dienone is 2. The molecule has 5 nitrogen and oxygen atoms in total. The summed E-state index contributed by atoms with van der Waals surface area (Å²) in [5.41, 5.74) is 7.49. The predicted molar refractivity (Wildman–Crippen MR) is 98.4 cm³/mol. The molecule has 0 saturated carbocycles. The number of hydrogen-bond donors (Lipinski definition) is 1. The number of ether oxygens (including phenoxy) is 2. The summed E-state index contributed by atoms with van der Waals surface area (Å²) in [5.74, 6) is -1.56. The van der Waals surface area contributed by atoms with E-state index in [-0.39, 0.29) is 29.9 Å². The van der Waals surface area contributed by atoms with E-state index in [0.717, 1.165) is 11.1 Å². The van der Waals surface area contributed by atoms with E-state index in [9.17, 15) is 9.59 Å². The summed E-state index contributed by atoms with van der Waals surface area (Å²) < 4.78 is 9.92. The smallest absolute Gasteiger partial charge is 0.347 e. The van der Waals surface area contributed by atoms with E-state index in [4.69, 9.17) is 15.2 Å². The fraction of sp³-hybridized carbons (Fsp3) is 0.400. The second-order valence-electron chi connectivity index (χ2n) is 6.45. The second kappa shape index (κ2) is 9.06. The van der Waals surface area contributed by atoms with Crippen molar-refractivity contribution in [3.63, 3.8) is 0 Å². The van der Waals surface area contributed by atoms with Crippen molar-refractivity contribution in [3.8, 4) is 0 Å². The van der Waals surface area contributed by atoms with Crippen molar-refractivity contribution >= 4 is 17.5 Å². The summed E-state index contributed by atoms with van der Waals surface area (Å²) in [4.78, 5) is 24.4. The number of hydrogen-bond acceptors (Lipinski definition) is 5. The van der Waals surface area contributed by atoms with Crippen LogP contribution in [0.5, 0.6) is 0 Å². The normalized spacial score (nSPS) is 11.6. The lowest BCUT2D eigenvalue weighted by atomic mass is 9.81. The summed E-state index contributed by atoms with van der Waals surface area (Å²) in [6, 6.07) is 9.68. The molecule has 0 bridgehead atoms. The SMILES string of the molecule is CCOC(=O)C(C(=O)OCC)=C(N)/C=C(\c1ccccc1)C(C)(C)C. The van der Waals surface area contributed by atoms with Crippen LogP contribution in [0.2, 0.25) is 0 Å². The van der Waals surface area contributed by atoms with E-state index >= 15 is 0 Å². The van der Waals surface area contributed by atoms with Crippen LogP contribution >= 0.6 is 0 Å². The zero-order chi connectivity index (χ0) is 19.0. The van der Waals surface area contributed by atoms with E-state index in [1.807, 2.05) is 51.1 Å². The zero-order valence-corrected chi connectivity index (χ0v) is 15.6. The van der Waals surface area contributed by atoms with Crippen LogP contribution < -0.4 is 5.73 Å². The van der Waals surface area contributed by atoms with E-state index < -0.39 is 11.9 Å². The first kappa shape index (κ1) is 20.5. The van der Waals surface area contributed by atoms with Crippen molar-refractivity contribution in [1.82, 2.24) is 0 Å². The first-order valence-corrected chi connectivity index (χ1v) is 8.33.